The van der Waals surface area contributed by atoms with Gasteiger partial charge in [0.25, 0.3) is 0 Å². The second kappa shape index (κ2) is 10.8. The SMILES string of the molecule is CCOC(=O)C1=C(C)N=C2SC=C(CC(=O)NC3CCCc4ccccc43)N2C1c1cccc(OC)c1. The summed E-state index contributed by atoms with van der Waals surface area (Å²) in [5.74, 6) is 0.229. The first kappa shape index (κ1) is 25.1. The lowest BCUT2D eigenvalue weighted by Gasteiger charge is -2.36. The van der Waals surface area contributed by atoms with Crippen LogP contribution in [0.1, 0.15) is 61.9 Å². The number of benzene rings is 2. The number of thioether (sulfide) groups is 1. The predicted molar refractivity (Wildman–Crippen MR) is 145 cm³/mol. The molecule has 192 valence electrons. The van der Waals surface area contributed by atoms with Crippen LogP contribution in [-0.2, 0) is 20.7 Å². The van der Waals surface area contributed by atoms with Crippen LogP contribution in [-0.4, -0.2) is 35.7 Å². The molecule has 0 saturated heterocycles. The number of hydrogen-bond acceptors (Lipinski definition) is 7. The van der Waals surface area contributed by atoms with Crippen molar-refractivity contribution in [2.75, 3.05) is 13.7 Å². The van der Waals surface area contributed by atoms with Gasteiger partial charge >= 0.3 is 5.97 Å². The van der Waals surface area contributed by atoms with Gasteiger partial charge in [-0.3, -0.25) is 4.79 Å². The number of hydrogen-bond donors (Lipinski definition) is 1. The first-order valence-electron chi connectivity index (χ1n) is 12.6. The molecule has 2 atom stereocenters. The monoisotopic (exact) mass is 517 g/mol. The minimum atomic E-state index is -0.480. The normalized spacial score (nSPS) is 20.5. The van der Waals surface area contributed by atoms with Gasteiger partial charge in [-0.15, -0.1) is 0 Å². The average Bonchev–Trinajstić information content (AvgIpc) is 3.29. The molecule has 8 heteroatoms. The molecule has 0 fully saturated rings. The van der Waals surface area contributed by atoms with Crippen LogP contribution in [0.3, 0.4) is 0 Å². The van der Waals surface area contributed by atoms with E-state index in [2.05, 4.69) is 23.5 Å². The van der Waals surface area contributed by atoms with Gasteiger partial charge in [-0.05, 0) is 67.3 Å². The quantitative estimate of drug-likeness (QED) is 0.494. The number of carbonyl (C=O) groups is 2. The molecular weight excluding hydrogens is 486 g/mol. The highest BCUT2D eigenvalue weighted by atomic mass is 32.2. The molecule has 1 aliphatic carbocycles. The van der Waals surface area contributed by atoms with Crippen molar-refractivity contribution in [1.82, 2.24) is 10.2 Å². The Morgan fingerprint density at radius 1 is 1.19 bits per heavy atom. The van der Waals surface area contributed by atoms with Gasteiger partial charge in [0.2, 0.25) is 5.91 Å². The molecule has 7 nitrogen and oxygen atoms in total. The van der Waals surface area contributed by atoms with Crippen LogP contribution in [0.2, 0.25) is 0 Å². The summed E-state index contributed by atoms with van der Waals surface area (Å²) in [6, 6.07) is 15.5. The Morgan fingerprint density at radius 2 is 2.03 bits per heavy atom. The molecule has 0 saturated carbocycles. The Morgan fingerprint density at radius 3 is 2.84 bits per heavy atom. The van der Waals surface area contributed by atoms with E-state index in [1.54, 1.807) is 14.0 Å². The van der Waals surface area contributed by atoms with Gasteiger partial charge in [0.15, 0.2) is 5.17 Å². The number of amides is 1. The van der Waals surface area contributed by atoms with Crippen molar-refractivity contribution in [3.05, 3.63) is 87.6 Å². The van der Waals surface area contributed by atoms with Gasteiger partial charge in [-0.1, -0.05) is 48.2 Å². The van der Waals surface area contributed by atoms with Crippen molar-refractivity contribution in [1.29, 1.82) is 0 Å². The Hall–Kier alpha value is -3.52. The fourth-order valence-corrected chi connectivity index (χ4v) is 6.24. The number of amidine groups is 1. The summed E-state index contributed by atoms with van der Waals surface area (Å²) in [4.78, 5) is 33.2. The Kier molecular flexibility index (Phi) is 7.37. The zero-order valence-electron chi connectivity index (χ0n) is 21.3. The van der Waals surface area contributed by atoms with E-state index < -0.39 is 12.0 Å². The van der Waals surface area contributed by atoms with Crippen LogP contribution in [0, 0.1) is 0 Å². The lowest BCUT2D eigenvalue weighted by molar-refractivity contribution is -0.139. The molecule has 0 bridgehead atoms. The molecule has 0 radical (unpaired) electrons. The summed E-state index contributed by atoms with van der Waals surface area (Å²) in [6.45, 7) is 3.88. The standard InChI is InChI=1S/C29H31N3O4S/c1-4-36-28(34)26-18(2)30-29-32(27(26)20-11-7-12-22(15-20)35-3)21(17-37-29)16-25(33)31-24-14-8-10-19-9-5-6-13-23(19)24/h5-7,9,11-13,15,17,24,27H,4,8,10,14,16H2,1-3H3,(H,31,33). The van der Waals surface area contributed by atoms with Crippen molar-refractivity contribution in [2.45, 2.75) is 51.6 Å². The molecule has 2 unspecified atom stereocenters. The lowest BCUT2D eigenvalue weighted by atomic mass is 9.87. The van der Waals surface area contributed by atoms with Crippen LogP contribution in [0.4, 0.5) is 0 Å². The van der Waals surface area contributed by atoms with Crippen molar-refractivity contribution in [3.63, 3.8) is 0 Å². The number of aryl methyl sites for hydroxylation is 1. The van der Waals surface area contributed by atoms with Gasteiger partial charge in [-0.25, -0.2) is 9.79 Å². The van der Waals surface area contributed by atoms with Gasteiger partial charge in [0.1, 0.15) is 5.75 Å². The van der Waals surface area contributed by atoms with E-state index in [1.165, 1.54) is 22.9 Å². The van der Waals surface area contributed by atoms with E-state index in [9.17, 15) is 9.59 Å². The zero-order chi connectivity index (χ0) is 25.9. The Balaban J connectivity index is 1.43. The van der Waals surface area contributed by atoms with Gasteiger partial charge in [0, 0.05) is 5.70 Å². The molecule has 1 N–H and O–H groups in total. The molecule has 0 spiro atoms. The third-order valence-corrected chi connectivity index (χ3v) is 7.84. The summed E-state index contributed by atoms with van der Waals surface area (Å²) < 4.78 is 10.9. The molecule has 2 aromatic rings. The number of allylic oxidation sites excluding steroid dienone is 1. The van der Waals surface area contributed by atoms with Gasteiger partial charge < -0.3 is 19.7 Å². The molecule has 0 aromatic heterocycles. The average molecular weight is 518 g/mol. The van der Waals surface area contributed by atoms with E-state index in [-0.39, 0.29) is 25.0 Å². The summed E-state index contributed by atoms with van der Waals surface area (Å²) in [7, 11) is 1.62. The van der Waals surface area contributed by atoms with Crippen molar-refractivity contribution < 1.29 is 19.1 Å². The van der Waals surface area contributed by atoms with Crippen molar-refractivity contribution in [2.24, 2.45) is 4.99 Å². The maximum Gasteiger partial charge on any atom is 0.338 e. The fraction of sp³-hybridized carbons (Fsp3) is 0.345. The summed E-state index contributed by atoms with van der Waals surface area (Å²) in [6.07, 6.45) is 3.20. The van der Waals surface area contributed by atoms with E-state index in [0.717, 1.165) is 35.7 Å². The first-order chi connectivity index (χ1) is 18.0. The number of ether oxygens (including phenoxy) is 2. The molecule has 37 heavy (non-hydrogen) atoms. The maximum atomic E-state index is 13.3. The largest absolute Gasteiger partial charge is 0.497 e. The number of esters is 1. The number of nitrogens with zero attached hydrogens (tertiary/aromatic N) is 2. The highest BCUT2D eigenvalue weighted by molar-refractivity contribution is 8.16. The van der Waals surface area contributed by atoms with Crippen LogP contribution >= 0.6 is 11.8 Å². The first-order valence-corrected chi connectivity index (χ1v) is 13.5. The number of methoxy groups -OCH3 is 1. The van der Waals surface area contributed by atoms with Crippen LogP contribution in [0.15, 0.2) is 75.9 Å². The Bertz CT molecular complexity index is 1320. The number of aliphatic imine (C=N–C) groups is 1. The summed E-state index contributed by atoms with van der Waals surface area (Å²) in [5.41, 5.74) is 5.25. The van der Waals surface area contributed by atoms with Gasteiger partial charge in [0.05, 0.1) is 43.5 Å². The van der Waals surface area contributed by atoms with E-state index >= 15 is 0 Å². The van der Waals surface area contributed by atoms with E-state index in [1.807, 2.05) is 47.6 Å². The van der Waals surface area contributed by atoms with Crippen molar-refractivity contribution in [3.8, 4) is 5.75 Å². The smallest absolute Gasteiger partial charge is 0.338 e. The molecular formula is C29H31N3O4S. The molecule has 3 aliphatic rings. The highest BCUT2D eigenvalue weighted by Gasteiger charge is 2.41. The predicted octanol–water partition coefficient (Wildman–Crippen LogP) is 5.42. The third-order valence-electron chi connectivity index (χ3n) is 6.95. The minimum Gasteiger partial charge on any atom is -0.497 e. The topological polar surface area (TPSA) is 80.2 Å². The van der Waals surface area contributed by atoms with Crippen LogP contribution in [0.5, 0.6) is 5.75 Å². The van der Waals surface area contributed by atoms with Gasteiger partial charge in [-0.2, -0.15) is 0 Å². The Labute approximate surface area is 221 Å². The number of fused-ring (bicyclic) bond motifs is 2. The highest BCUT2D eigenvalue weighted by Crippen LogP contribution is 2.45. The second-order valence-electron chi connectivity index (χ2n) is 9.28. The number of carbonyl (C=O) groups excluding carboxylic acids is 2. The maximum absolute atomic E-state index is 13.3. The van der Waals surface area contributed by atoms with Crippen LogP contribution in [0.25, 0.3) is 0 Å². The fourth-order valence-electron chi connectivity index (χ4n) is 5.28. The number of rotatable bonds is 7. The minimum absolute atomic E-state index is 0.00742. The molecule has 2 heterocycles. The third kappa shape index (κ3) is 5.03. The lowest BCUT2D eigenvalue weighted by Crippen LogP contribution is -2.38. The summed E-state index contributed by atoms with van der Waals surface area (Å²) >= 11 is 1.47. The molecule has 1 amide bonds. The van der Waals surface area contributed by atoms with E-state index in [0.29, 0.717) is 17.0 Å². The van der Waals surface area contributed by atoms with Crippen LogP contribution < -0.4 is 10.1 Å². The number of nitrogens with one attached hydrogen (secondary N) is 1. The molecule has 2 aromatic carbocycles. The van der Waals surface area contributed by atoms with E-state index in [4.69, 9.17) is 14.5 Å². The summed E-state index contributed by atoms with van der Waals surface area (Å²) in [5, 5.41) is 5.95. The second-order valence-corrected chi connectivity index (χ2v) is 10.1. The molecule has 5 rings (SSSR count). The zero-order valence-corrected chi connectivity index (χ0v) is 22.1. The van der Waals surface area contributed by atoms with Crippen molar-refractivity contribution >= 4 is 28.8 Å². The molecule has 2 aliphatic heterocycles.